The van der Waals surface area contributed by atoms with E-state index >= 15 is 4.57 Å². The third-order valence-electron chi connectivity index (χ3n) is 12.8. The first-order valence-corrected chi connectivity index (χ1v) is 26.8. The smallest absolute Gasteiger partial charge is 0.475 e. The van der Waals surface area contributed by atoms with Gasteiger partial charge in [0, 0.05) is 44.1 Å². The summed E-state index contributed by atoms with van der Waals surface area (Å²) in [6.45, 7) is 8.67. The van der Waals surface area contributed by atoms with Crippen LogP contribution in [-0.2, 0) is 66.6 Å². The predicted octanol–water partition coefficient (Wildman–Crippen LogP) is 3.75. The van der Waals surface area contributed by atoms with Gasteiger partial charge in [0.15, 0.2) is 6.61 Å². The zero-order valence-corrected chi connectivity index (χ0v) is 45.6. The number of carbonyl (C=O) groups excluding carboxylic acids is 4. The summed E-state index contributed by atoms with van der Waals surface area (Å²) in [7, 11) is -1.86. The number of aromatic amines is 2. The molecule has 3 aromatic carbocycles. The van der Waals surface area contributed by atoms with E-state index in [9.17, 15) is 38.4 Å². The zero-order valence-electron chi connectivity index (χ0n) is 44.7. The molecule has 0 bridgehead atoms. The summed E-state index contributed by atoms with van der Waals surface area (Å²) in [5, 5.41) is 2.39. The number of phosphoric acid groups is 1. The molecule has 2 aliphatic rings. The largest absolute Gasteiger partial charge is 0.497 e. The molecule has 0 saturated carbocycles. The number of H-pyrrole nitrogens is 2. The number of amides is 1. The Kier molecular flexibility index (Phi) is 20.7. The molecule has 2 saturated heterocycles. The van der Waals surface area contributed by atoms with E-state index in [-0.39, 0.29) is 62.3 Å². The standard InChI is InChI=1S/C55H59N6O19P/c1-34-29-60(53(68)58-51(34)66)49-28-44(45(77-49)31-74-55(38-12-8-7-9-13-38,39-15-19-41(71-5)20-16-39)40-17-21-42(72-6)22-18-40)80-81(70,75-26-25-56-4)76-32-46-43(79-50(65)23-14-35(2)62)27-48(78-46)61-30-37(52(67)59-54(61)69)11-10-24-57-47(64)33-73-36(3)63/h7-9,12-13,15-22,29-30,43-46,48-49H,14,23-28,31-33H2,1-3,5-6H3,(H,57,64)(H,58,66,68)(H,59,67,69)/t43?,44?,45-,46-,48-,49-,81?/m1/s1. The summed E-state index contributed by atoms with van der Waals surface area (Å²) >= 11 is 0. The van der Waals surface area contributed by atoms with E-state index in [1.54, 1.807) is 24.3 Å². The van der Waals surface area contributed by atoms with Gasteiger partial charge in [0.05, 0.1) is 40.4 Å². The Morgan fingerprint density at radius 3 is 1.95 bits per heavy atom. The Morgan fingerprint density at radius 2 is 1.36 bits per heavy atom. The van der Waals surface area contributed by atoms with Crippen molar-refractivity contribution in [3.63, 3.8) is 0 Å². The molecular weight excluding hydrogens is 1080 g/mol. The van der Waals surface area contributed by atoms with Crippen molar-refractivity contribution in [1.82, 2.24) is 24.4 Å². The SMILES string of the molecule is [C-]#[N+]CCOP(=O)(OC[C@H]1O[C@@H](n2cc(C#CCNC(=O)COC(C)=O)c(=O)[nH]c2=O)CC1OC(=O)CCC(C)=O)OC1C[C@H](n2cc(C)c(=O)[nH]c2=O)O[C@@H]1COC(c1ccccc1)(c1ccc(OC)cc1)c1ccc(OC)cc1. The lowest BCUT2D eigenvalue weighted by atomic mass is 9.80. The molecule has 2 aromatic heterocycles. The first-order valence-electron chi connectivity index (χ1n) is 25.3. The topological polar surface area (TPSA) is 304 Å². The lowest BCUT2D eigenvalue weighted by Gasteiger charge is -2.37. The number of phosphoric ester groups is 1. The average molecular weight is 1140 g/mol. The van der Waals surface area contributed by atoms with Gasteiger partial charge in [-0.3, -0.25) is 56.6 Å². The van der Waals surface area contributed by atoms with Crippen LogP contribution in [0.25, 0.3) is 4.85 Å². The number of benzene rings is 3. The summed E-state index contributed by atoms with van der Waals surface area (Å²) in [6.07, 6.45) is -6.18. The summed E-state index contributed by atoms with van der Waals surface area (Å²) in [5.41, 5.74) is -2.80. The second-order valence-electron chi connectivity index (χ2n) is 18.4. The molecule has 4 heterocycles. The minimum atomic E-state index is -4.93. The minimum absolute atomic E-state index is 0.159. The van der Waals surface area contributed by atoms with Crippen molar-refractivity contribution in [2.45, 2.75) is 88.9 Å². The highest BCUT2D eigenvalue weighted by Gasteiger charge is 2.48. The molecule has 0 radical (unpaired) electrons. The lowest BCUT2D eigenvalue weighted by Crippen LogP contribution is -2.38. The maximum Gasteiger partial charge on any atom is 0.475 e. The molecule has 0 aliphatic carbocycles. The summed E-state index contributed by atoms with van der Waals surface area (Å²) in [4.78, 5) is 108. The van der Waals surface area contributed by atoms with Gasteiger partial charge in [0.25, 0.3) is 17.0 Å². The van der Waals surface area contributed by atoms with Gasteiger partial charge in [-0.25, -0.2) is 20.7 Å². The molecule has 3 N–H and O–H groups in total. The zero-order chi connectivity index (χ0) is 58.3. The number of hydrogen-bond donors (Lipinski definition) is 3. The molecule has 428 valence electrons. The third-order valence-corrected chi connectivity index (χ3v) is 14.3. The lowest BCUT2D eigenvalue weighted by molar-refractivity contribution is -0.153. The molecule has 2 fully saturated rings. The minimum Gasteiger partial charge on any atom is -0.497 e. The van der Waals surface area contributed by atoms with E-state index in [2.05, 4.69) is 36.7 Å². The van der Waals surface area contributed by atoms with Crippen LogP contribution in [0.2, 0.25) is 0 Å². The summed E-state index contributed by atoms with van der Waals surface area (Å²) in [6, 6.07) is 23.7. The molecule has 26 heteroatoms. The Morgan fingerprint density at radius 1 is 0.778 bits per heavy atom. The Hall–Kier alpha value is -8.26. The highest BCUT2D eigenvalue weighted by Crippen LogP contribution is 2.54. The Bertz CT molecular complexity index is 3410. The molecule has 3 unspecified atom stereocenters. The molecule has 25 nitrogen and oxygen atoms in total. The summed E-state index contributed by atoms with van der Waals surface area (Å²) in [5.74, 6) is 3.81. The van der Waals surface area contributed by atoms with Crippen molar-refractivity contribution in [3.05, 3.63) is 172 Å². The van der Waals surface area contributed by atoms with Crippen LogP contribution in [0.1, 0.15) is 79.8 Å². The fourth-order valence-corrected chi connectivity index (χ4v) is 10.2. The number of aromatic nitrogens is 4. The van der Waals surface area contributed by atoms with E-state index in [0.29, 0.717) is 28.2 Å². The molecule has 2 aliphatic heterocycles. The number of nitrogens with zero attached hydrogens (tertiary/aromatic N) is 3. The molecule has 1 amide bonds. The second kappa shape index (κ2) is 27.8. The van der Waals surface area contributed by atoms with Crippen LogP contribution < -0.4 is 37.3 Å². The van der Waals surface area contributed by atoms with Gasteiger partial charge >= 0.3 is 31.1 Å². The van der Waals surface area contributed by atoms with Crippen LogP contribution in [0.4, 0.5) is 0 Å². The van der Waals surface area contributed by atoms with Crippen molar-refractivity contribution in [2.75, 3.05) is 53.7 Å². The molecule has 5 aromatic rings. The number of nitrogens with one attached hydrogen (secondary N) is 3. The van der Waals surface area contributed by atoms with E-state index < -0.39 is 110 Å². The van der Waals surface area contributed by atoms with Crippen LogP contribution in [-0.4, -0.2) is 121 Å². The predicted molar refractivity (Wildman–Crippen MR) is 285 cm³/mol. The van der Waals surface area contributed by atoms with Crippen molar-refractivity contribution in [1.29, 1.82) is 0 Å². The van der Waals surface area contributed by atoms with Crippen LogP contribution in [0.5, 0.6) is 11.5 Å². The van der Waals surface area contributed by atoms with Crippen molar-refractivity contribution in [3.8, 4) is 23.3 Å². The van der Waals surface area contributed by atoms with E-state index in [4.69, 9.17) is 48.6 Å². The monoisotopic (exact) mass is 1140 g/mol. The van der Waals surface area contributed by atoms with Gasteiger partial charge in [-0.1, -0.05) is 66.4 Å². The number of hydrogen-bond acceptors (Lipinski definition) is 19. The third kappa shape index (κ3) is 15.6. The highest BCUT2D eigenvalue weighted by atomic mass is 31.2. The van der Waals surface area contributed by atoms with Gasteiger partial charge < -0.3 is 48.1 Å². The molecule has 0 spiro atoms. The Labute approximate surface area is 463 Å². The molecule has 7 atom stereocenters. The van der Waals surface area contributed by atoms with Crippen molar-refractivity contribution < 1.29 is 70.5 Å². The van der Waals surface area contributed by atoms with E-state index in [1.165, 1.54) is 34.3 Å². The fourth-order valence-electron chi connectivity index (χ4n) is 8.78. The van der Waals surface area contributed by atoms with Crippen LogP contribution in [0, 0.1) is 25.3 Å². The number of carbonyl (C=O) groups is 4. The molecular formula is C55H59N6O19P. The maximum atomic E-state index is 15.2. The van der Waals surface area contributed by atoms with Crippen molar-refractivity contribution >= 4 is 31.5 Å². The van der Waals surface area contributed by atoms with Gasteiger partial charge in [0.2, 0.25) is 6.54 Å². The highest BCUT2D eigenvalue weighted by molar-refractivity contribution is 7.48. The summed E-state index contributed by atoms with van der Waals surface area (Å²) < 4.78 is 76.8. The van der Waals surface area contributed by atoms with E-state index in [1.807, 2.05) is 54.6 Å². The average Bonchev–Trinajstić information content (AvgIpc) is 4.18. The number of methoxy groups -OCH3 is 2. The van der Waals surface area contributed by atoms with Gasteiger partial charge in [-0.05, 0) is 54.8 Å². The first kappa shape index (κ1) is 60.4. The number of Topliss-reactive ketones (excluding diaryl/α,β-unsaturated/α-hetero) is 1. The Balaban J connectivity index is 1.22. The number of rotatable bonds is 25. The number of esters is 2. The number of aryl methyl sites for hydroxylation is 1. The van der Waals surface area contributed by atoms with Crippen LogP contribution >= 0.6 is 7.82 Å². The fraction of sp³-hybridized carbons (Fsp3) is 0.400. The van der Waals surface area contributed by atoms with Gasteiger partial charge in [-0.2, -0.15) is 0 Å². The molecule has 81 heavy (non-hydrogen) atoms. The van der Waals surface area contributed by atoms with Crippen molar-refractivity contribution in [2.24, 2.45) is 0 Å². The normalized spacial score (nSPS) is 19.3. The molecule has 7 rings (SSSR count). The first-order chi connectivity index (χ1) is 38.8. The van der Waals surface area contributed by atoms with E-state index in [0.717, 1.165) is 22.3 Å². The maximum absolute atomic E-state index is 15.2. The van der Waals surface area contributed by atoms with Crippen LogP contribution in [0.3, 0.4) is 0 Å². The number of ketones is 1. The second-order valence-corrected chi connectivity index (χ2v) is 20.0. The van der Waals surface area contributed by atoms with Gasteiger partial charge in [-0.15, -0.1) is 0 Å². The number of ether oxygens (including phenoxy) is 7. The van der Waals surface area contributed by atoms with Gasteiger partial charge in [0.1, 0.15) is 71.9 Å². The quantitative estimate of drug-likeness (QED) is 0.0187. The van der Waals surface area contributed by atoms with Crippen LogP contribution in [0.15, 0.2) is 110 Å².